The molecule has 1 aliphatic heterocycles. The number of aromatic nitrogens is 1. The fourth-order valence-electron chi connectivity index (χ4n) is 2.50. The number of nitrogen functional groups attached to an aromatic ring is 1. The molecule has 1 aromatic heterocycles. The maximum Gasteiger partial charge on any atom is 0.205 e. The van der Waals surface area contributed by atoms with Crippen LogP contribution in [0.3, 0.4) is 0 Å². The number of benzene rings is 1. The molecule has 0 radical (unpaired) electrons. The van der Waals surface area contributed by atoms with Crippen molar-refractivity contribution in [3.8, 4) is 11.5 Å². The van der Waals surface area contributed by atoms with Crippen molar-refractivity contribution in [3.63, 3.8) is 0 Å². The van der Waals surface area contributed by atoms with Crippen LogP contribution in [0, 0.1) is 0 Å². The van der Waals surface area contributed by atoms with Crippen molar-refractivity contribution in [2.75, 3.05) is 57.7 Å². The van der Waals surface area contributed by atoms with Crippen LogP contribution in [0.1, 0.15) is 5.56 Å². The van der Waals surface area contributed by atoms with Crippen molar-refractivity contribution in [2.45, 2.75) is 0 Å². The molecule has 0 unspecified atom stereocenters. The minimum absolute atomic E-state index is 0.480. The Morgan fingerprint density at radius 1 is 1.38 bits per heavy atom. The van der Waals surface area contributed by atoms with Gasteiger partial charge in [0.2, 0.25) is 5.13 Å². The lowest BCUT2D eigenvalue weighted by molar-refractivity contribution is 0.0321. The minimum atomic E-state index is 0.480. The second kappa shape index (κ2) is 9.37. The van der Waals surface area contributed by atoms with Crippen molar-refractivity contribution in [1.82, 2.24) is 9.88 Å². The summed E-state index contributed by atoms with van der Waals surface area (Å²) in [5.74, 6) is 1.88. The van der Waals surface area contributed by atoms with Crippen molar-refractivity contribution in [3.05, 3.63) is 29.1 Å². The quantitative estimate of drug-likeness (QED) is 0.536. The van der Waals surface area contributed by atoms with Gasteiger partial charge in [-0.05, 0) is 23.8 Å². The number of anilines is 2. The number of nitrogens with one attached hydrogen (secondary N) is 1. The molecule has 0 saturated carbocycles. The molecule has 3 N–H and O–H groups in total. The van der Waals surface area contributed by atoms with Crippen LogP contribution in [-0.2, 0) is 4.74 Å². The van der Waals surface area contributed by atoms with Gasteiger partial charge in [-0.15, -0.1) is 11.3 Å². The number of nitrogens with zero attached hydrogens (tertiary/aromatic N) is 3. The van der Waals surface area contributed by atoms with Crippen molar-refractivity contribution in [2.24, 2.45) is 5.10 Å². The number of hydrogen-bond donors (Lipinski definition) is 2. The number of rotatable bonds is 8. The number of nitrogens with two attached hydrogens (primary N) is 1. The van der Waals surface area contributed by atoms with E-state index >= 15 is 0 Å². The first kappa shape index (κ1) is 18.4. The second-order valence-electron chi connectivity index (χ2n) is 5.66. The van der Waals surface area contributed by atoms with Crippen LogP contribution >= 0.6 is 11.3 Å². The summed E-state index contributed by atoms with van der Waals surface area (Å²) in [6.07, 6.45) is 1.70. The van der Waals surface area contributed by atoms with Gasteiger partial charge in [0.1, 0.15) is 12.4 Å². The maximum absolute atomic E-state index is 5.92. The molecule has 0 atom stereocenters. The molecule has 0 bridgehead atoms. The SMILES string of the molecule is COc1ccc(C=NNc2nc(N)cs2)cc1OCCN1CCOCC1. The van der Waals surface area contributed by atoms with E-state index < -0.39 is 0 Å². The van der Waals surface area contributed by atoms with Crippen molar-refractivity contribution >= 4 is 28.5 Å². The fraction of sp³-hybridized carbons (Fsp3) is 0.412. The van der Waals surface area contributed by atoms with Crippen LogP contribution in [0.2, 0.25) is 0 Å². The Morgan fingerprint density at radius 3 is 2.96 bits per heavy atom. The predicted octanol–water partition coefficient (Wildman–Crippen LogP) is 1.89. The Morgan fingerprint density at radius 2 is 2.23 bits per heavy atom. The van der Waals surface area contributed by atoms with E-state index in [0.29, 0.717) is 29.1 Å². The highest BCUT2D eigenvalue weighted by atomic mass is 32.1. The Kier molecular flexibility index (Phi) is 6.64. The topological polar surface area (TPSA) is 94.2 Å². The highest BCUT2D eigenvalue weighted by Gasteiger charge is 2.11. The van der Waals surface area contributed by atoms with Crippen molar-refractivity contribution < 1.29 is 14.2 Å². The number of thiazole rings is 1. The summed E-state index contributed by atoms with van der Waals surface area (Å²) in [6.45, 7) is 4.91. The van der Waals surface area contributed by atoms with Gasteiger partial charge >= 0.3 is 0 Å². The summed E-state index contributed by atoms with van der Waals surface area (Å²) < 4.78 is 16.7. The van der Waals surface area contributed by atoms with Crippen LogP contribution in [-0.4, -0.2) is 62.7 Å². The summed E-state index contributed by atoms with van der Waals surface area (Å²) in [4.78, 5) is 6.41. The molecule has 3 rings (SSSR count). The zero-order valence-electron chi connectivity index (χ0n) is 14.7. The van der Waals surface area contributed by atoms with Crippen LogP contribution in [0.5, 0.6) is 11.5 Å². The lowest BCUT2D eigenvalue weighted by Gasteiger charge is -2.26. The molecule has 2 heterocycles. The van der Waals surface area contributed by atoms with E-state index in [2.05, 4.69) is 20.4 Å². The van der Waals surface area contributed by atoms with E-state index in [0.717, 1.165) is 38.4 Å². The van der Waals surface area contributed by atoms with Gasteiger partial charge in [-0.3, -0.25) is 10.3 Å². The largest absolute Gasteiger partial charge is 0.493 e. The standard InChI is InChI=1S/C17H23N5O3S/c1-23-14-3-2-13(11-19-21-17-20-16(18)12-26-17)10-15(14)25-9-6-22-4-7-24-8-5-22/h2-3,10-12H,4-9,18H2,1H3,(H,20,21). The maximum atomic E-state index is 5.92. The Bertz CT molecular complexity index is 731. The average Bonchev–Trinajstić information content (AvgIpc) is 3.08. The fourth-order valence-corrected chi connectivity index (χ4v) is 3.04. The van der Waals surface area contributed by atoms with Crippen LogP contribution < -0.4 is 20.6 Å². The molecule has 140 valence electrons. The number of ether oxygens (including phenoxy) is 3. The summed E-state index contributed by atoms with van der Waals surface area (Å²) >= 11 is 1.40. The zero-order chi connectivity index (χ0) is 18.2. The van der Waals surface area contributed by atoms with Crippen LogP contribution in [0.4, 0.5) is 10.9 Å². The van der Waals surface area contributed by atoms with Gasteiger partial charge in [0.05, 0.1) is 26.5 Å². The number of methoxy groups -OCH3 is 1. The highest BCUT2D eigenvalue weighted by molar-refractivity contribution is 7.14. The number of hydrogen-bond acceptors (Lipinski definition) is 9. The molecule has 0 amide bonds. The van der Waals surface area contributed by atoms with Crippen LogP contribution in [0.15, 0.2) is 28.7 Å². The first-order chi connectivity index (χ1) is 12.7. The van der Waals surface area contributed by atoms with Gasteiger partial charge in [0.25, 0.3) is 0 Å². The zero-order valence-corrected chi connectivity index (χ0v) is 15.5. The lowest BCUT2D eigenvalue weighted by atomic mass is 10.2. The van der Waals surface area contributed by atoms with E-state index in [4.69, 9.17) is 19.9 Å². The Hall–Kier alpha value is -2.36. The van der Waals surface area contributed by atoms with Crippen molar-refractivity contribution in [1.29, 1.82) is 0 Å². The van der Waals surface area contributed by atoms with E-state index in [1.165, 1.54) is 11.3 Å². The van der Waals surface area contributed by atoms with Gasteiger partial charge in [0.15, 0.2) is 11.5 Å². The highest BCUT2D eigenvalue weighted by Crippen LogP contribution is 2.27. The summed E-state index contributed by atoms with van der Waals surface area (Å²) in [5.41, 5.74) is 9.33. The van der Waals surface area contributed by atoms with E-state index in [-0.39, 0.29) is 0 Å². The van der Waals surface area contributed by atoms with E-state index in [1.54, 1.807) is 18.7 Å². The van der Waals surface area contributed by atoms with Gasteiger partial charge in [-0.25, -0.2) is 4.98 Å². The normalized spacial score (nSPS) is 15.3. The number of morpholine rings is 1. The monoisotopic (exact) mass is 377 g/mol. The smallest absolute Gasteiger partial charge is 0.205 e. The molecule has 1 aromatic carbocycles. The molecule has 2 aromatic rings. The Labute approximate surface area is 156 Å². The third-order valence-corrected chi connectivity index (χ3v) is 4.62. The van der Waals surface area contributed by atoms with Gasteiger partial charge < -0.3 is 19.9 Å². The lowest BCUT2D eigenvalue weighted by Crippen LogP contribution is -2.38. The van der Waals surface area contributed by atoms with Gasteiger partial charge in [0, 0.05) is 25.0 Å². The Balaban J connectivity index is 1.56. The molecule has 26 heavy (non-hydrogen) atoms. The molecule has 8 nitrogen and oxygen atoms in total. The third-order valence-electron chi connectivity index (χ3n) is 3.85. The molecule has 1 fully saturated rings. The predicted molar refractivity (Wildman–Crippen MR) is 103 cm³/mol. The molecule has 1 saturated heterocycles. The summed E-state index contributed by atoms with van der Waals surface area (Å²) in [6, 6.07) is 5.68. The summed E-state index contributed by atoms with van der Waals surface area (Å²) in [5, 5.41) is 6.58. The molecular formula is C17H23N5O3S. The molecule has 1 aliphatic rings. The first-order valence-corrected chi connectivity index (χ1v) is 9.23. The third kappa shape index (κ3) is 5.32. The average molecular weight is 377 g/mol. The summed E-state index contributed by atoms with van der Waals surface area (Å²) in [7, 11) is 1.63. The van der Waals surface area contributed by atoms with E-state index in [1.807, 2.05) is 18.2 Å². The second-order valence-corrected chi connectivity index (χ2v) is 6.52. The van der Waals surface area contributed by atoms with Gasteiger partial charge in [-0.1, -0.05) is 0 Å². The van der Waals surface area contributed by atoms with Gasteiger partial charge in [-0.2, -0.15) is 5.10 Å². The van der Waals surface area contributed by atoms with Crippen LogP contribution in [0.25, 0.3) is 0 Å². The molecule has 0 aliphatic carbocycles. The van der Waals surface area contributed by atoms with E-state index in [9.17, 15) is 0 Å². The first-order valence-electron chi connectivity index (χ1n) is 8.35. The number of hydrazone groups is 1. The molecule has 9 heteroatoms. The minimum Gasteiger partial charge on any atom is -0.493 e. The molecular weight excluding hydrogens is 354 g/mol. The molecule has 0 spiro atoms.